The molecule has 0 aromatic heterocycles. The van der Waals surface area contributed by atoms with E-state index in [0.717, 1.165) is 30.5 Å². The second-order valence-electron chi connectivity index (χ2n) is 8.95. The Labute approximate surface area is 182 Å². The molecule has 0 amide bonds. The summed E-state index contributed by atoms with van der Waals surface area (Å²) in [5.41, 5.74) is 4.69. The largest absolute Gasteiger partial charge is 0.395 e. The smallest absolute Gasteiger partial charge is 0.390 e. The van der Waals surface area contributed by atoms with Crippen LogP contribution in [-0.2, 0) is 0 Å². The van der Waals surface area contributed by atoms with E-state index in [-0.39, 0.29) is 31.2 Å². The predicted octanol–water partition coefficient (Wildman–Crippen LogP) is 4.84. The van der Waals surface area contributed by atoms with Crippen LogP contribution in [0.5, 0.6) is 0 Å². The Morgan fingerprint density at radius 2 is 1.74 bits per heavy atom. The Morgan fingerprint density at radius 1 is 1.00 bits per heavy atom. The number of rotatable bonds is 5. The van der Waals surface area contributed by atoms with Crippen molar-refractivity contribution in [3.63, 3.8) is 0 Å². The van der Waals surface area contributed by atoms with Crippen LogP contribution >= 0.6 is 0 Å². The molecule has 2 heterocycles. The first-order valence-corrected chi connectivity index (χ1v) is 11.2. The highest BCUT2D eigenvalue weighted by molar-refractivity contribution is 5.64. The highest BCUT2D eigenvalue weighted by Gasteiger charge is 2.49. The van der Waals surface area contributed by atoms with E-state index in [0.29, 0.717) is 13.1 Å². The Morgan fingerprint density at radius 3 is 2.42 bits per heavy atom. The first-order chi connectivity index (χ1) is 14.9. The third-order valence-corrected chi connectivity index (χ3v) is 6.81. The molecule has 0 spiro atoms. The summed E-state index contributed by atoms with van der Waals surface area (Å²) in [6.07, 6.45) is -3.04. The number of aliphatic hydroxyl groups excluding tert-OH is 1. The van der Waals surface area contributed by atoms with E-state index in [1.165, 1.54) is 11.1 Å². The topological polar surface area (TPSA) is 26.7 Å². The lowest BCUT2D eigenvalue weighted by molar-refractivity contribution is -0.140. The lowest BCUT2D eigenvalue weighted by atomic mass is 9.74. The quantitative estimate of drug-likeness (QED) is 0.733. The Kier molecular flexibility index (Phi) is 6.70. The van der Waals surface area contributed by atoms with E-state index < -0.39 is 12.6 Å². The van der Waals surface area contributed by atoms with Gasteiger partial charge >= 0.3 is 6.18 Å². The van der Waals surface area contributed by atoms with Crippen LogP contribution in [0.15, 0.2) is 48.5 Å². The molecule has 0 unspecified atom stereocenters. The first-order valence-electron chi connectivity index (χ1n) is 11.2. The average molecular weight is 433 g/mol. The van der Waals surface area contributed by atoms with Crippen LogP contribution in [0, 0.1) is 6.92 Å². The number of halogens is 3. The summed E-state index contributed by atoms with van der Waals surface area (Å²) in [7, 11) is 0. The van der Waals surface area contributed by atoms with E-state index in [2.05, 4.69) is 54.3 Å². The van der Waals surface area contributed by atoms with Gasteiger partial charge in [0.25, 0.3) is 0 Å². The standard InChI is InChI=1S/C25H31F3N2O/c1-18-5-4-6-21(15-18)19-7-9-20(10-8-19)24-22-16-29(14-11-25(26,27)28)12-2-3-13-30(22)23(24)17-31/h4-10,15,22-24,31H,2-3,11-14,16-17H2,1H3/t22-,23-,24+/m1/s1. The van der Waals surface area contributed by atoms with Crippen LogP contribution in [-0.4, -0.2) is 66.0 Å². The highest BCUT2D eigenvalue weighted by Crippen LogP contribution is 2.42. The lowest BCUT2D eigenvalue weighted by Crippen LogP contribution is -2.67. The molecular formula is C25H31F3N2O. The maximum absolute atomic E-state index is 12.8. The molecule has 0 aliphatic carbocycles. The molecule has 168 valence electrons. The minimum atomic E-state index is -4.12. The highest BCUT2D eigenvalue weighted by atomic mass is 19.4. The third-order valence-electron chi connectivity index (χ3n) is 6.81. The van der Waals surface area contributed by atoms with Crippen molar-refractivity contribution in [1.29, 1.82) is 0 Å². The normalized spacial score (nSPS) is 25.4. The molecule has 4 rings (SSSR count). The number of nitrogens with zero attached hydrogens (tertiary/aromatic N) is 2. The average Bonchev–Trinajstić information content (AvgIpc) is 2.72. The van der Waals surface area contributed by atoms with Crippen molar-refractivity contribution in [3.8, 4) is 11.1 Å². The first kappa shape index (κ1) is 22.3. The maximum atomic E-state index is 12.8. The van der Waals surface area contributed by atoms with Crippen molar-refractivity contribution in [2.75, 3.05) is 32.8 Å². The number of hydrogen-bond donors (Lipinski definition) is 1. The molecule has 2 aromatic rings. The number of benzene rings is 2. The van der Waals surface area contributed by atoms with Gasteiger partial charge < -0.3 is 10.0 Å². The molecule has 6 heteroatoms. The van der Waals surface area contributed by atoms with Crippen LogP contribution < -0.4 is 0 Å². The summed E-state index contributed by atoms with van der Waals surface area (Å²) in [5, 5.41) is 10.1. The van der Waals surface area contributed by atoms with Crippen molar-refractivity contribution in [2.24, 2.45) is 0 Å². The van der Waals surface area contributed by atoms with Gasteiger partial charge in [-0.1, -0.05) is 54.1 Å². The van der Waals surface area contributed by atoms with Gasteiger partial charge in [0.05, 0.1) is 13.0 Å². The molecule has 2 aliphatic rings. The molecule has 1 N–H and O–H groups in total. The lowest BCUT2D eigenvalue weighted by Gasteiger charge is -2.57. The minimum Gasteiger partial charge on any atom is -0.395 e. The summed E-state index contributed by atoms with van der Waals surface area (Å²) >= 11 is 0. The summed E-state index contributed by atoms with van der Waals surface area (Å²) in [6, 6.07) is 17.0. The molecule has 0 saturated carbocycles. The van der Waals surface area contributed by atoms with Gasteiger partial charge in [0, 0.05) is 31.1 Å². The third kappa shape index (κ3) is 5.13. The Balaban J connectivity index is 1.52. The molecule has 31 heavy (non-hydrogen) atoms. The number of hydrogen-bond acceptors (Lipinski definition) is 3. The summed E-state index contributed by atoms with van der Waals surface area (Å²) in [5.74, 6) is 0.142. The van der Waals surface area contributed by atoms with Gasteiger partial charge in [-0.05, 0) is 49.5 Å². The maximum Gasteiger partial charge on any atom is 0.390 e. The van der Waals surface area contributed by atoms with Gasteiger partial charge in [0.2, 0.25) is 0 Å². The van der Waals surface area contributed by atoms with E-state index >= 15 is 0 Å². The summed E-state index contributed by atoms with van der Waals surface area (Å²) in [4.78, 5) is 4.27. The van der Waals surface area contributed by atoms with Crippen LogP contribution in [0.2, 0.25) is 0 Å². The molecule has 2 aliphatic heterocycles. The van der Waals surface area contributed by atoms with Gasteiger partial charge in [-0.15, -0.1) is 0 Å². The molecule has 0 radical (unpaired) electrons. The van der Waals surface area contributed by atoms with Crippen molar-refractivity contribution < 1.29 is 18.3 Å². The van der Waals surface area contributed by atoms with Crippen LogP contribution in [0.3, 0.4) is 0 Å². The second kappa shape index (κ2) is 9.31. The molecule has 0 bridgehead atoms. The van der Waals surface area contributed by atoms with Gasteiger partial charge in [0.15, 0.2) is 0 Å². The van der Waals surface area contributed by atoms with Crippen molar-refractivity contribution in [3.05, 3.63) is 59.7 Å². The fraction of sp³-hybridized carbons (Fsp3) is 0.520. The predicted molar refractivity (Wildman–Crippen MR) is 117 cm³/mol. The summed E-state index contributed by atoms with van der Waals surface area (Å²) < 4.78 is 38.3. The zero-order valence-electron chi connectivity index (χ0n) is 18.0. The van der Waals surface area contributed by atoms with E-state index in [1.54, 1.807) is 0 Å². The SMILES string of the molecule is Cc1cccc(-c2ccc([C@@H]3[C@@H](CO)N4CCCCN(CCC(F)(F)F)C[C@H]34)cc2)c1. The van der Waals surface area contributed by atoms with Crippen LogP contribution in [0.4, 0.5) is 13.2 Å². The molecule has 2 saturated heterocycles. The fourth-order valence-corrected chi connectivity index (χ4v) is 5.22. The number of alkyl halides is 3. The van der Waals surface area contributed by atoms with E-state index in [4.69, 9.17) is 0 Å². The van der Waals surface area contributed by atoms with E-state index in [9.17, 15) is 18.3 Å². The van der Waals surface area contributed by atoms with Crippen LogP contribution in [0.1, 0.15) is 36.3 Å². The number of aliphatic hydroxyl groups is 1. The van der Waals surface area contributed by atoms with Gasteiger partial charge in [-0.25, -0.2) is 0 Å². The van der Waals surface area contributed by atoms with Crippen molar-refractivity contribution in [2.45, 2.75) is 50.4 Å². The van der Waals surface area contributed by atoms with E-state index in [1.807, 2.05) is 11.0 Å². The fourth-order valence-electron chi connectivity index (χ4n) is 5.22. The number of fused-ring (bicyclic) bond motifs is 1. The van der Waals surface area contributed by atoms with Gasteiger partial charge in [0.1, 0.15) is 0 Å². The van der Waals surface area contributed by atoms with Gasteiger partial charge in [-0.2, -0.15) is 13.2 Å². The summed E-state index contributed by atoms with van der Waals surface area (Å²) in [6.45, 7) is 4.44. The second-order valence-corrected chi connectivity index (χ2v) is 8.95. The van der Waals surface area contributed by atoms with Crippen molar-refractivity contribution >= 4 is 0 Å². The van der Waals surface area contributed by atoms with Crippen molar-refractivity contribution in [1.82, 2.24) is 9.80 Å². The molecule has 3 nitrogen and oxygen atoms in total. The zero-order chi connectivity index (χ0) is 22.0. The number of aryl methyl sites for hydroxylation is 1. The molecule has 2 fully saturated rings. The monoisotopic (exact) mass is 432 g/mol. The Hall–Kier alpha value is -1.89. The zero-order valence-corrected chi connectivity index (χ0v) is 18.0. The van der Waals surface area contributed by atoms with Gasteiger partial charge in [-0.3, -0.25) is 4.90 Å². The van der Waals surface area contributed by atoms with Crippen LogP contribution in [0.25, 0.3) is 11.1 Å². The molecule has 2 aromatic carbocycles. The molecular weight excluding hydrogens is 401 g/mol. The minimum absolute atomic E-state index is 0.0392. The Bertz CT molecular complexity index is 868. The molecule has 3 atom stereocenters.